The van der Waals surface area contributed by atoms with Crippen LogP contribution in [0.4, 0.5) is 0 Å². The summed E-state index contributed by atoms with van der Waals surface area (Å²) < 4.78 is 10.7. The molecule has 2 atom stereocenters. The van der Waals surface area contributed by atoms with E-state index in [9.17, 15) is 5.11 Å². The van der Waals surface area contributed by atoms with Crippen molar-refractivity contribution in [3.8, 4) is 11.5 Å². The van der Waals surface area contributed by atoms with Crippen molar-refractivity contribution in [1.82, 2.24) is 4.90 Å². The van der Waals surface area contributed by atoms with Gasteiger partial charge in [0, 0.05) is 0 Å². The molecule has 0 amide bonds. The van der Waals surface area contributed by atoms with Gasteiger partial charge in [0.25, 0.3) is 0 Å². The zero-order valence-electron chi connectivity index (χ0n) is 14.0. The second-order valence-corrected chi connectivity index (χ2v) is 6.01. The van der Waals surface area contributed by atoms with Gasteiger partial charge >= 0.3 is 0 Å². The molecular weight excluding hydrogens is 278 g/mol. The van der Waals surface area contributed by atoms with Crippen molar-refractivity contribution in [3.63, 3.8) is 0 Å². The molecular formula is C18H29NO3. The summed E-state index contributed by atoms with van der Waals surface area (Å²) in [7, 11) is 3.29. The van der Waals surface area contributed by atoms with Crippen molar-refractivity contribution in [1.29, 1.82) is 0 Å². The standard InChI is InChI=1S/C18H29NO3/c1-4-5-6-11-19-12-7-8-15(20)18(19)14-9-10-16(21-2)17(13-14)22-3/h9-10,13,15,18,20H,4-8,11-12H2,1-3H3. The van der Waals surface area contributed by atoms with Gasteiger partial charge in [-0.25, -0.2) is 0 Å². The van der Waals surface area contributed by atoms with Crippen LogP contribution in [0, 0.1) is 0 Å². The number of benzene rings is 1. The molecule has 1 fully saturated rings. The first-order valence-electron chi connectivity index (χ1n) is 8.35. The van der Waals surface area contributed by atoms with Crippen LogP contribution in [-0.4, -0.2) is 43.4 Å². The predicted molar refractivity (Wildman–Crippen MR) is 88.6 cm³/mol. The Balaban J connectivity index is 2.20. The van der Waals surface area contributed by atoms with Crippen LogP contribution in [-0.2, 0) is 0 Å². The summed E-state index contributed by atoms with van der Waals surface area (Å²) in [6.07, 6.45) is 5.27. The number of likely N-dealkylation sites (tertiary alicyclic amines) is 1. The van der Waals surface area contributed by atoms with Crippen molar-refractivity contribution < 1.29 is 14.6 Å². The van der Waals surface area contributed by atoms with Gasteiger partial charge in [-0.15, -0.1) is 0 Å². The maximum Gasteiger partial charge on any atom is 0.161 e. The lowest BCUT2D eigenvalue weighted by molar-refractivity contribution is 0.00882. The Labute approximate surface area is 134 Å². The lowest BCUT2D eigenvalue weighted by Gasteiger charge is -2.39. The maximum absolute atomic E-state index is 10.5. The third-order valence-electron chi connectivity index (χ3n) is 4.50. The Bertz CT molecular complexity index is 464. The monoisotopic (exact) mass is 307 g/mol. The van der Waals surface area contributed by atoms with Crippen LogP contribution in [0.1, 0.15) is 50.6 Å². The van der Waals surface area contributed by atoms with Crippen LogP contribution in [0.3, 0.4) is 0 Å². The van der Waals surface area contributed by atoms with E-state index in [0.29, 0.717) is 0 Å². The van der Waals surface area contributed by atoms with E-state index in [-0.39, 0.29) is 12.1 Å². The minimum Gasteiger partial charge on any atom is -0.493 e. The molecule has 1 aliphatic heterocycles. The molecule has 0 bridgehead atoms. The molecule has 1 heterocycles. The first-order chi connectivity index (χ1) is 10.7. The van der Waals surface area contributed by atoms with E-state index in [0.717, 1.165) is 43.0 Å². The minimum absolute atomic E-state index is 0.0606. The molecule has 0 aliphatic carbocycles. The summed E-state index contributed by atoms with van der Waals surface area (Å²) in [5.41, 5.74) is 1.11. The van der Waals surface area contributed by atoms with E-state index in [1.807, 2.05) is 18.2 Å². The smallest absolute Gasteiger partial charge is 0.161 e. The van der Waals surface area contributed by atoms with E-state index in [1.165, 1.54) is 19.3 Å². The van der Waals surface area contributed by atoms with Gasteiger partial charge in [0.05, 0.1) is 26.4 Å². The quantitative estimate of drug-likeness (QED) is 0.784. The Hall–Kier alpha value is -1.26. The van der Waals surface area contributed by atoms with E-state index in [1.54, 1.807) is 14.2 Å². The van der Waals surface area contributed by atoms with Crippen LogP contribution in [0.15, 0.2) is 18.2 Å². The third kappa shape index (κ3) is 3.93. The Morgan fingerprint density at radius 1 is 1.18 bits per heavy atom. The Morgan fingerprint density at radius 2 is 1.95 bits per heavy atom. The number of aliphatic hydroxyl groups is 1. The third-order valence-corrected chi connectivity index (χ3v) is 4.50. The molecule has 2 unspecified atom stereocenters. The lowest BCUT2D eigenvalue weighted by Crippen LogP contribution is -2.42. The van der Waals surface area contributed by atoms with Crippen molar-refractivity contribution in [2.75, 3.05) is 27.3 Å². The van der Waals surface area contributed by atoms with Crippen LogP contribution in [0.2, 0.25) is 0 Å². The van der Waals surface area contributed by atoms with E-state index >= 15 is 0 Å². The van der Waals surface area contributed by atoms with E-state index in [2.05, 4.69) is 11.8 Å². The fourth-order valence-corrected chi connectivity index (χ4v) is 3.33. The Kier molecular flexibility index (Phi) is 6.52. The number of ether oxygens (including phenoxy) is 2. The van der Waals surface area contributed by atoms with Gasteiger partial charge in [-0.05, 0) is 50.0 Å². The molecule has 22 heavy (non-hydrogen) atoms. The van der Waals surface area contributed by atoms with Crippen LogP contribution >= 0.6 is 0 Å². The molecule has 0 spiro atoms. The molecule has 4 nitrogen and oxygen atoms in total. The highest BCUT2D eigenvalue weighted by Gasteiger charge is 2.31. The summed E-state index contributed by atoms with van der Waals surface area (Å²) in [6, 6.07) is 6.04. The summed E-state index contributed by atoms with van der Waals surface area (Å²) in [5, 5.41) is 10.5. The van der Waals surface area contributed by atoms with Crippen molar-refractivity contribution in [2.45, 2.75) is 51.2 Å². The summed E-state index contributed by atoms with van der Waals surface area (Å²) in [5.74, 6) is 1.46. The van der Waals surface area contributed by atoms with Gasteiger partial charge in [0.15, 0.2) is 11.5 Å². The largest absolute Gasteiger partial charge is 0.493 e. The molecule has 124 valence electrons. The molecule has 1 aromatic carbocycles. The van der Waals surface area contributed by atoms with Gasteiger partial charge in [-0.1, -0.05) is 25.8 Å². The fraction of sp³-hybridized carbons (Fsp3) is 0.667. The predicted octanol–water partition coefficient (Wildman–Crippen LogP) is 3.39. The normalized spacial score (nSPS) is 22.5. The minimum atomic E-state index is -0.312. The van der Waals surface area contributed by atoms with Crippen LogP contribution in [0.25, 0.3) is 0 Å². The summed E-state index contributed by atoms with van der Waals surface area (Å²) in [4.78, 5) is 2.42. The van der Waals surface area contributed by atoms with Crippen LogP contribution < -0.4 is 9.47 Å². The number of hydrogen-bond donors (Lipinski definition) is 1. The highest BCUT2D eigenvalue weighted by atomic mass is 16.5. The van der Waals surface area contributed by atoms with Crippen LogP contribution in [0.5, 0.6) is 11.5 Å². The average molecular weight is 307 g/mol. The molecule has 1 N–H and O–H groups in total. The van der Waals surface area contributed by atoms with E-state index in [4.69, 9.17) is 9.47 Å². The van der Waals surface area contributed by atoms with Crippen molar-refractivity contribution >= 4 is 0 Å². The number of hydrogen-bond acceptors (Lipinski definition) is 4. The highest BCUT2D eigenvalue weighted by Crippen LogP contribution is 2.36. The second kappa shape index (κ2) is 8.39. The number of unbranched alkanes of at least 4 members (excludes halogenated alkanes) is 2. The number of piperidine rings is 1. The van der Waals surface area contributed by atoms with Gasteiger partial charge < -0.3 is 14.6 Å². The molecule has 4 heteroatoms. The number of aliphatic hydroxyl groups excluding tert-OH is 1. The zero-order valence-corrected chi connectivity index (χ0v) is 14.0. The van der Waals surface area contributed by atoms with Crippen molar-refractivity contribution in [3.05, 3.63) is 23.8 Å². The highest BCUT2D eigenvalue weighted by molar-refractivity contribution is 5.44. The summed E-state index contributed by atoms with van der Waals surface area (Å²) >= 11 is 0. The second-order valence-electron chi connectivity index (χ2n) is 6.01. The molecule has 1 aromatic rings. The first kappa shape index (κ1) is 17.1. The lowest BCUT2D eigenvalue weighted by atomic mass is 9.92. The maximum atomic E-state index is 10.5. The average Bonchev–Trinajstić information content (AvgIpc) is 2.54. The SMILES string of the molecule is CCCCCN1CCCC(O)C1c1ccc(OC)c(OC)c1. The summed E-state index contributed by atoms with van der Waals surface area (Å²) in [6.45, 7) is 4.32. The van der Waals surface area contributed by atoms with Gasteiger partial charge in [0.2, 0.25) is 0 Å². The van der Waals surface area contributed by atoms with Gasteiger partial charge in [0.1, 0.15) is 0 Å². The molecule has 0 radical (unpaired) electrons. The first-order valence-corrected chi connectivity index (χ1v) is 8.35. The molecule has 1 saturated heterocycles. The molecule has 0 saturated carbocycles. The molecule has 2 rings (SSSR count). The van der Waals surface area contributed by atoms with Gasteiger partial charge in [-0.3, -0.25) is 4.90 Å². The van der Waals surface area contributed by atoms with Crippen molar-refractivity contribution in [2.24, 2.45) is 0 Å². The topological polar surface area (TPSA) is 41.9 Å². The number of rotatable bonds is 7. The zero-order chi connectivity index (χ0) is 15.9. The number of methoxy groups -OCH3 is 2. The fourth-order valence-electron chi connectivity index (χ4n) is 3.33. The van der Waals surface area contributed by atoms with E-state index < -0.39 is 0 Å². The molecule has 1 aliphatic rings. The number of nitrogens with zero attached hydrogens (tertiary/aromatic N) is 1. The Morgan fingerprint density at radius 3 is 2.64 bits per heavy atom. The molecule has 0 aromatic heterocycles. The van der Waals surface area contributed by atoms with Gasteiger partial charge in [-0.2, -0.15) is 0 Å².